The molecule has 1 aliphatic carbocycles. The lowest BCUT2D eigenvalue weighted by Crippen LogP contribution is -2.43. The second-order valence-electron chi connectivity index (χ2n) is 5.27. The van der Waals surface area contributed by atoms with Crippen molar-refractivity contribution in [3.63, 3.8) is 0 Å². The lowest BCUT2D eigenvalue weighted by atomic mass is 10.1. The van der Waals surface area contributed by atoms with Crippen molar-refractivity contribution in [2.24, 2.45) is 0 Å². The van der Waals surface area contributed by atoms with Gasteiger partial charge in [0.05, 0.1) is 25.9 Å². The quantitative estimate of drug-likeness (QED) is 0.673. The molecule has 0 bridgehead atoms. The zero-order valence-electron chi connectivity index (χ0n) is 11.7. The lowest BCUT2D eigenvalue weighted by molar-refractivity contribution is -0.148. The van der Waals surface area contributed by atoms with E-state index in [1.54, 1.807) is 0 Å². The average Bonchev–Trinajstić information content (AvgIpc) is 3.23. The van der Waals surface area contributed by atoms with Gasteiger partial charge in [-0.1, -0.05) is 0 Å². The maximum atomic E-state index is 11.8. The highest BCUT2D eigenvalue weighted by molar-refractivity contribution is 5.76. The van der Waals surface area contributed by atoms with Crippen LogP contribution in [0.25, 0.3) is 0 Å². The van der Waals surface area contributed by atoms with Crippen LogP contribution in [0.3, 0.4) is 0 Å². The van der Waals surface area contributed by atoms with Crippen LogP contribution in [0.2, 0.25) is 0 Å². The Morgan fingerprint density at radius 3 is 2.84 bits per heavy atom. The molecule has 2 rings (SSSR count). The predicted molar refractivity (Wildman–Crippen MR) is 71.0 cm³/mol. The van der Waals surface area contributed by atoms with E-state index >= 15 is 0 Å². The van der Waals surface area contributed by atoms with E-state index in [9.17, 15) is 4.79 Å². The fourth-order valence-electron chi connectivity index (χ4n) is 2.22. The standard InChI is InChI=1S/C14H25NO4/c1-2-18-14(16)13(15-11-6-7-11)10-17-9-12-5-3-4-8-19-12/h11-13,15H,2-10H2,1H3. The number of ether oxygens (including phenoxy) is 3. The van der Waals surface area contributed by atoms with E-state index in [-0.39, 0.29) is 18.1 Å². The number of hydrogen-bond acceptors (Lipinski definition) is 5. The molecule has 2 atom stereocenters. The van der Waals surface area contributed by atoms with Gasteiger partial charge in [0, 0.05) is 12.6 Å². The fourth-order valence-corrected chi connectivity index (χ4v) is 2.22. The minimum absolute atomic E-state index is 0.192. The molecular weight excluding hydrogens is 246 g/mol. The molecule has 0 spiro atoms. The Labute approximate surface area is 115 Å². The van der Waals surface area contributed by atoms with Crippen molar-refractivity contribution in [1.82, 2.24) is 5.32 Å². The molecule has 19 heavy (non-hydrogen) atoms. The summed E-state index contributed by atoms with van der Waals surface area (Å²) in [6.07, 6.45) is 5.88. The Morgan fingerprint density at radius 2 is 2.21 bits per heavy atom. The van der Waals surface area contributed by atoms with Gasteiger partial charge in [0.1, 0.15) is 6.04 Å². The van der Waals surface area contributed by atoms with Gasteiger partial charge in [-0.2, -0.15) is 0 Å². The molecule has 0 aromatic rings. The molecule has 2 fully saturated rings. The molecule has 1 N–H and O–H groups in total. The summed E-state index contributed by atoms with van der Waals surface area (Å²) in [4.78, 5) is 11.8. The van der Waals surface area contributed by atoms with E-state index in [1.165, 1.54) is 6.42 Å². The van der Waals surface area contributed by atoms with Crippen molar-refractivity contribution >= 4 is 5.97 Å². The lowest BCUT2D eigenvalue weighted by Gasteiger charge is -2.23. The van der Waals surface area contributed by atoms with Gasteiger partial charge >= 0.3 is 5.97 Å². The smallest absolute Gasteiger partial charge is 0.325 e. The highest BCUT2D eigenvalue weighted by Gasteiger charge is 2.29. The summed E-state index contributed by atoms with van der Waals surface area (Å²) in [6, 6.07) is 0.125. The molecular formula is C14H25NO4. The Balaban J connectivity index is 1.67. The van der Waals surface area contributed by atoms with E-state index in [4.69, 9.17) is 14.2 Å². The number of rotatable bonds is 8. The third kappa shape index (κ3) is 5.47. The molecule has 0 aromatic heterocycles. The molecule has 2 aliphatic rings. The maximum Gasteiger partial charge on any atom is 0.325 e. The van der Waals surface area contributed by atoms with Crippen LogP contribution >= 0.6 is 0 Å². The van der Waals surface area contributed by atoms with Crippen molar-refractivity contribution in [2.45, 2.75) is 57.2 Å². The summed E-state index contributed by atoms with van der Waals surface area (Å²) < 4.78 is 16.3. The van der Waals surface area contributed by atoms with Crippen LogP contribution < -0.4 is 5.32 Å². The van der Waals surface area contributed by atoms with Crippen molar-refractivity contribution in [1.29, 1.82) is 0 Å². The minimum Gasteiger partial charge on any atom is -0.465 e. The first-order valence-electron chi connectivity index (χ1n) is 7.41. The molecule has 0 radical (unpaired) electrons. The van der Waals surface area contributed by atoms with Crippen LogP contribution in [0.1, 0.15) is 39.0 Å². The molecule has 110 valence electrons. The summed E-state index contributed by atoms with van der Waals surface area (Å²) >= 11 is 0. The van der Waals surface area contributed by atoms with Crippen LogP contribution in [0, 0.1) is 0 Å². The maximum absolute atomic E-state index is 11.8. The third-order valence-corrected chi connectivity index (χ3v) is 3.45. The zero-order chi connectivity index (χ0) is 13.5. The Kier molecular flexibility index (Phi) is 6.07. The number of nitrogens with one attached hydrogen (secondary N) is 1. The molecule has 2 unspecified atom stereocenters. The van der Waals surface area contributed by atoms with Crippen molar-refractivity contribution in [3.8, 4) is 0 Å². The molecule has 1 saturated heterocycles. The molecule has 1 saturated carbocycles. The number of esters is 1. The Morgan fingerprint density at radius 1 is 1.37 bits per heavy atom. The molecule has 1 heterocycles. The topological polar surface area (TPSA) is 56.8 Å². The van der Waals surface area contributed by atoms with Crippen molar-refractivity contribution in [2.75, 3.05) is 26.4 Å². The first kappa shape index (κ1) is 14.8. The van der Waals surface area contributed by atoms with E-state index in [1.807, 2.05) is 6.92 Å². The van der Waals surface area contributed by atoms with Gasteiger partial charge in [0.15, 0.2) is 0 Å². The highest BCUT2D eigenvalue weighted by atomic mass is 16.5. The van der Waals surface area contributed by atoms with Gasteiger partial charge in [-0.05, 0) is 39.0 Å². The zero-order valence-corrected chi connectivity index (χ0v) is 11.7. The van der Waals surface area contributed by atoms with Crippen LogP contribution in [-0.2, 0) is 19.0 Å². The molecule has 1 aliphatic heterocycles. The van der Waals surface area contributed by atoms with E-state index in [2.05, 4.69) is 5.32 Å². The van der Waals surface area contributed by atoms with Gasteiger partial charge < -0.3 is 14.2 Å². The van der Waals surface area contributed by atoms with Gasteiger partial charge in [-0.25, -0.2) is 0 Å². The number of hydrogen-bond donors (Lipinski definition) is 1. The summed E-state index contributed by atoms with van der Waals surface area (Å²) in [6.45, 7) is 4.00. The number of carbonyl (C=O) groups is 1. The monoisotopic (exact) mass is 271 g/mol. The molecule has 0 amide bonds. The summed E-state index contributed by atoms with van der Waals surface area (Å²) in [5, 5.41) is 3.27. The minimum atomic E-state index is -0.337. The normalized spacial score (nSPS) is 25.0. The first-order valence-corrected chi connectivity index (χ1v) is 7.41. The van der Waals surface area contributed by atoms with E-state index in [0.29, 0.717) is 25.9 Å². The highest BCUT2D eigenvalue weighted by Crippen LogP contribution is 2.20. The predicted octanol–water partition coefficient (Wildman–Crippen LogP) is 1.26. The molecule has 5 nitrogen and oxygen atoms in total. The van der Waals surface area contributed by atoms with Crippen LogP contribution in [0.5, 0.6) is 0 Å². The van der Waals surface area contributed by atoms with Gasteiger partial charge in [0.25, 0.3) is 0 Å². The summed E-state index contributed by atoms with van der Waals surface area (Å²) in [5.41, 5.74) is 0. The van der Waals surface area contributed by atoms with Crippen molar-refractivity contribution in [3.05, 3.63) is 0 Å². The van der Waals surface area contributed by atoms with E-state index in [0.717, 1.165) is 32.3 Å². The second-order valence-corrected chi connectivity index (χ2v) is 5.27. The Bertz CT molecular complexity index is 275. The van der Waals surface area contributed by atoms with Gasteiger partial charge in [0.2, 0.25) is 0 Å². The summed E-state index contributed by atoms with van der Waals surface area (Å²) in [5.74, 6) is -0.209. The van der Waals surface area contributed by atoms with Crippen molar-refractivity contribution < 1.29 is 19.0 Å². The van der Waals surface area contributed by atoms with Crippen LogP contribution in [0.15, 0.2) is 0 Å². The van der Waals surface area contributed by atoms with E-state index < -0.39 is 0 Å². The number of carbonyl (C=O) groups excluding carboxylic acids is 1. The molecule has 5 heteroatoms. The van der Waals surface area contributed by atoms with Crippen LogP contribution in [0.4, 0.5) is 0 Å². The molecule has 0 aromatic carbocycles. The summed E-state index contributed by atoms with van der Waals surface area (Å²) in [7, 11) is 0. The SMILES string of the molecule is CCOC(=O)C(COCC1CCCCO1)NC1CC1. The first-order chi connectivity index (χ1) is 9.29. The second kappa shape index (κ2) is 7.82. The van der Waals surface area contributed by atoms with Gasteiger partial charge in [-0.3, -0.25) is 10.1 Å². The van der Waals surface area contributed by atoms with Crippen LogP contribution in [-0.4, -0.2) is 50.6 Å². The van der Waals surface area contributed by atoms with Gasteiger partial charge in [-0.15, -0.1) is 0 Å². The largest absolute Gasteiger partial charge is 0.465 e. The third-order valence-electron chi connectivity index (χ3n) is 3.45. The average molecular weight is 271 g/mol. The Hall–Kier alpha value is -0.650. The fraction of sp³-hybridized carbons (Fsp3) is 0.929.